The van der Waals surface area contributed by atoms with Gasteiger partial charge < -0.3 is 20.4 Å². The first-order valence-electron chi connectivity index (χ1n) is 5.04. The van der Waals surface area contributed by atoms with E-state index in [-0.39, 0.29) is 6.04 Å². The van der Waals surface area contributed by atoms with Crippen LogP contribution in [0.15, 0.2) is 0 Å². The number of aliphatic hydroxyl groups excluding tert-OH is 1. The van der Waals surface area contributed by atoms with E-state index in [1.54, 1.807) is 16.7 Å². The van der Waals surface area contributed by atoms with Crippen LogP contribution in [0.2, 0.25) is 0 Å². The number of aliphatic hydroxyl groups is 1. The van der Waals surface area contributed by atoms with Crippen molar-refractivity contribution in [2.24, 2.45) is 0 Å². The van der Waals surface area contributed by atoms with Gasteiger partial charge in [-0.25, -0.2) is 9.59 Å². The molecule has 0 aliphatic carbocycles. The number of thioether (sulfide) groups is 1. The summed E-state index contributed by atoms with van der Waals surface area (Å²) in [5.74, 6) is 0.480. The van der Waals surface area contributed by atoms with Crippen LogP contribution >= 0.6 is 11.8 Å². The molecule has 0 saturated carbocycles. The van der Waals surface area contributed by atoms with Gasteiger partial charge >= 0.3 is 12.0 Å². The van der Waals surface area contributed by atoms with E-state index in [9.17, 15) is 9.59 Å². The van der Waals surface area contributed by atoms with Crippen LogP contribution in [0.4, 0.5) is 4.79 Å². The fourth-order valence-corrected chi connectivity index (χ4v) is 2.46. The number of aliphatic carboxylic acids is 1. The summed E-state index contributed by atoms with van der Waals surface area (Å²) in [7, 11) is 0. The molecule has 1 aliphatic heterocycles. The highest BCUT2D eigenvalue weighted by molar-refractivity contribution is 7.99. The largest absolute Gasteiger partial charge is 0.480 e. The lowest BCUT2D eigenvalue weighted by Crippen LogP contribution is -2.54. The first kappa shape index (κ1) is 13.1. The Bertz CT molecular complexity index is 274. The molecule has 0 bridgehead atoms. The van der Waals surface area contributed by atoms with Crippen molar-refractivity contribution in [1.82, 2.24) is 10.2 Å². The van der Waals surface area contributed by atoms with Crippen LogP contribution < -0.4 is 5.32 Å². The second-order valence-corrected chi connectivity index (χ2v) is 4.79. The van der Waals surface area contributed by atoms with Crippen molar-refractivity contribution < 1.29 is 19.8 Å². The topological polar surface area (TPSA) is 89.9 Å². The van der Waals surface area contributed by atoms with Gasteiger partial charge in [-0.15, -0.1) is 0 Å². The third-order valence-electron chi connectivity index (χ3n) is 2.41. The zero-order valence-corrected chi connectivity index (χ0v) is 9.87. The number of nitrogens with zero attached hydrogens (tertiary/aromatic N) is 1. The van der Waals surface area contributed by atoms with Crippen LogP contribution in [0.3, 0.4) is 0 Å². The van der Waals surface area contributed by atoms with E-state index in [4.69, 9.17) is 10.2 Å². The van der Waals surface area contributed by atoms with E-state index in [0.29, 0.717) is 6.54 Å². The number of hydrogen-bond donors (Lipinski definition) is 3. The molecule has 0 spiro atoms. The maximum Gasteiger partial charge on any atom is 0.328 e. The normalized spacial score (nSPS) is 22.6. The molecule has 2 amide bonds. The molecule has 1 heterocycles. The minimum Gasteiger partial charge on any atom is -0.480 e. The number of carboxylic acids is 1. The Morgan fingerprint density at radius 3 is 2.81 bits per heavy atom. The first-order valence-corrected chi connectivity index (χ1v) is 6.20. The molecule has 6 nitrogen and oxygen atoms in total. The third-order valence-corrected chi connectivity index (χ3v) is 3.60. The van der Waals surface area contributed by atoms with Crippen LogP contribution in [0, 0.1) is 0 Å². The van der Waals surface area contributed by atoms with Gasteiger partial charge in [-0.2, -0.15) is 11.8 Å². The summed E-state index contributed by atoms with van der Waals surface area (Å²) in [6.45, 7) is 1.92. The monoisotopic (exact) mass is 248 g/mol. The molecule has 1 aliphatic rings. The Labute approximate surface area is 98.0 Å². The third kappa shape index (κ3) is 3.28. The zero-order valence-electron chi connectivity index (χ0n) is 9.05. The van der Waals surface area contributed by atoms with Crippen molar-refractivity contribution in [2.75, 3.05) is 24.7 Å². The highest BCUT2D eigenvalue weighted by Gasteiger charge is 2.27. The van der Waals surface area contributed by atoms with Crippen LogP contribution in [-0.4, -0.2) is 63.9 Å². The van der Waals surface area contributed by atoms with Crippen molar-refractivity contribution >= 4 is 23.8 Å². The van der Waals surface area contributed by atoms with Gasteiger partial charge in [-0.3, -0.25) is 0 Å². The average Bonchev–Trinajstić information content (AvgIpc) is 2.25. The van der Waals surface area contributed by atoms with Gasteiger partial charge in [0, 0.05) is 24.1 Å². The lowest BCUT2D eigenvalue weighted by atomic mass is 10.3. The number of carbonyl (C=O) groups is 2. The molecule has 0 radical (unpaired) electrons. The van der Waals surface area contributed by atoms with Gasteiger partial charge in [0.1, 0.15) is 0 Å². The fourth-order valence-electron chi connectivity index (χ4n) is 1.45. The van der Waals surface area contributed by atoms with Crippen LogP contribution in [-0.2, 0) is 4.79 Å². The molecule has 92 valence electrons. The van der Waals surface area contributed by atoms with Gasteiger partial charge in [0.25, 0.3) is 0 Å². The predicted molar refractivity (Wildman–Crippen MR) is 60.5 cm³/mol. The van der Waals surface area contributed by atoms with Crippen molar-refractivity contribution in [3.63, 3.8) is 0 Å². The number of carboxylic acid groups (broad SMARTS) is 1. The summed E-state index contributed by atoms with van der Waals surface area (Å²) in [6, 6.07) is -1.56. The molecule has 1 saturated heterocycles. The maximum absolute atomic E-state index is 11.7. The number of urea groups is 1. The lowest BCUT2D eigenvalue weighted by molar-refractivity contribution is -0.140. The fraction of sp³-hybridized carbons (Fsp3) is 0.778. The summed E-state index contributed by atoms with van der Waals surface area (Å²) in [5, 5.41) is 19.8. The summed E-state index contributed by atoms with van der Waals surface area (Å²) >= 11 is 1.77. The second-order valence-electron chi connectivity index (χ2n) is 3.64. The molecule has 1 fully saturated rings. The highest BCUT2D eigenvalue weighted by Crippen LogP contribution is 2.15. The molecular formula is C9H16N2O4S. The Morgan fingerprint density at radius 2 is 2.31 bits per heavy atom. The van der Waals surface area contributed by atoms with Crippen molar-refractivity contribution in [2.45, 2.75) is 19.0 Å². The maximum atomic E-state index is 11.7. The van der Waals surface area contributed by atoms with Gasteiger partial charge in [-0.1, -0.05) is 0 Å². The van der Waals surface area contributed by atoms with E-state index in [0.717, 1.165) is 11.5 Å². The minimum atomic E-state index is -1.23. The molecule has 16 heavy (non-hydrogen) atoms. The van der Waals surface area contributed by atoms with Crippen LogP contribution in [0.25, 0.3) is 0 Å². The Morgan fingerprint density at radius 1 is 1.62 bits per heavy atom. The van der Waals surface area contributed by atoms with E-state index >= 15 is 0 Å². The highest BCUT2D eigenvalue weighted by atomic mass is 32.2. The van der Waals surface area contributed by atoms with E-state index in [2.05, 4.69) is 5.32 Å². The van der Waals surface area contributed by atoms with Crippen molar-refractivity contribution in [3.8, 4) is 0 Å². The van der Waals surface area contributed by atoms with Crippen LogP contribution in [0.5, 0.6) is 0 Å². The number of rotatable bonds is 3. The van der Waals surface area contributed by atoms with Crippen molar-refractivity contribution in [3.05, 3.63) is 0 Å². The number of amides is 2. The van der Waals surface area contributed by atoms with Gasteiger partial charge in [0.15, 0.2) is 6.04 Å². The molecule has 2 atom stereocenters. The predicted octanol–water partition coefficient (Wildman–Crippen LogP) is -0.421. The number of carbonyl (C=O) groups excluding carboxylic acids is 1. The molecule has 3 N–H and O–H groups in total. The number of hydrogen-bond acceptors (Lipinski definition) is 4. The van der Waals surface area contributed by atoms with E-state index in [1.165, 1.54) is 0 Å². The Hall–Kier alpha value is -0.950. The molecular weight excluding hydrogens is 232 g/mol. The second kappa shape index (κ2) is 5.95. The zero-order chi connectivity index (χ0) is 12.1. The Kier molecular flexibility index (Phi) is 4.88. The van der Waals surface area contributed by atoms with E-state index < -0.39 is 24.6 Å². The van der Waals surface area contributed by atoms with Gasteiger partial charge in [0.2, 0.25) is 0 Å². The van der Waals surface area contributed by atoms with Gasteiger partial charge in [-0.05, 0) is 6.92 Å². The smallest absolute Gasteiger partial charge is 0.328 e. The molecule has 0 aromatic carbocycles. The molecule has 1 rings (SSSR count). The summed E-state index contributed by atoms with van der Waals surface area (Å²) in [5.41, 5.74) is 0. The van der Waals surface area contributed by atoms with Crippen LogP contribution in [0.1, 0.15) is 6.92 Å². The Balaban J connectivity index is 2.52. The van der Waals surface area contributed by atoms with E-state index in [1.807, 2.05) is 6.92 Å². The summed E-state index contributed by atoms with van der Waals surface area (Å²) in [6.07, 6.45) is 0. The summed E-state index contributed by atoms with van der Waals surface area (Å²) in [4.78, 5) is 23.9. The lowest BCUT2D eigenvalue weighted by Gasteiger charge is -2.33. The summed E-state index contributed by atoms with van der Waals surface area (Å²) < 4.78 is 0. The SMILES string of the molecule is CC1CSCCN1C(=O)N[C@@H](CO)C(=O)O. The first-order chi connectivity index (χ1) is 7.56. The van der Waals surface area contributed by atoms with Crippen molar-refractivity contribution in [1.29, 1.82) is 0 Å². The molecule has 0 aromatic rings. The minimum absolute atomic E-state index is 0.0897. The van der Waals surface area contributed by atoms with Gasteiger partial charge in [0.05, 0.1) is 6.61 Å². The number of nitrogens with one attached hydrogen (secondary N) is 1. The molecule has 0 aromatic heterocycles. The average molecular weight is 248 g/mol. The molecule has 7 heteroatoms. The quantitative estimate of drug-likeness (QED) is 0.631. The molecule has 1 unspecified atom stereocenters. The standard InChI is InChI=1S/C9H16N2O4S/c1-6-5-16-3-2-11(6)9(15)10-7(4-12)8(13)14/h6-7,12H,2-5H2,1H3,(H,10,15)(H,13,14)/t6?,7-/m0/s1.